The van der Waals surface area contributed by atoms with Gasteiger partial charge in [0.05, 0.1) is 11.8 Å². The lowest BCUT2D eigenvalue weighted by Gasteiger charge is -2.28. The van der Waals surface area contributed by atoms with Gasteiger partial charge in [0.15, 0.2) is 0 Å². The summed E-state index contributed by atoms with van der Waals surface area (Å²) in [7, 11) is -2.78. The maximum Gasteiger partial charge on any atom is 0.111 e. The fourth-order valence-corrected chi connectivity index (χ4v) is 2.49. The molecule has 1 unspecified atom stereocenters. The van der Waals surface area contributed by atoms with Crippen LogP contribution >= 0.6 is 0 Å². The molecule has 1 rings (SSSR count). The highest BCUT2D eigenvalue weighted by molar-refractivity contribution is 7.90. The van der Waals surface area contributed by atoms with Crippen molar-refractivity contribution in [2.24, 2.45) is 0 Å². The molecule has 1 aliphatic heterocycles. The molecule has 3 nitrogen and oxygen atoms in total. The summed E-state index contributed by atoms with van der Waals surface area (Å²) < 4.78 is 33.7. The second-order valence-corrected chi connectivity index (χ2v) is 6.02. The Labute approximate surface area is 78.7 Å². The SMILES string of the molecule is CC(C)S(=N)(=O)N1CCC=C(F)C1. The van der Waals surface area contributed by atoms with Gasteiger partial charge in [0, 0.05) is 6.54 Å². The molecule has 13 heavy (non-hydrogen) atoms. The first kappa shape index (κ1) is 10.7. The lowest BCUT2D eigenvalue weighted by Crippen LogP contribution is -2.38. The van der Waals surface area contributed by atoms with E-state index in [1.54, 1.807) is 13.8 Å². The Bertz CT molecular complexity index is 308. The van der Waals surface area contributed by atoms with E-state index in [0.717, 1.165) is 0 Å². The zero-order valence-corrected chi connectivity index (χ0v) is 8.73. The van der Waals surface area contributed by atoms with Crippen LogP contribution in [0.15, 0.2) is 11.9 Å². The molecule has 5 heteroatoms. The third-order valence-electron chi connectivity index (χ3n) is 2.09. The van der Waals surface area contributed by atoms with Gasteiger partial charge in [-0.3, -0.25) is 0 Å². The summed E-state index contributed by atoms with van der Waals surface area (Å²) in [5, 5.41) is -0.251. The molecule has 0 saturated carbocycles. The highest BCUT2D eigenvalue weighted by atomic mass is 32.2. The normalized spacial score (nSPS) is 24.2. The Morgan fingerprint density at radius 1 is 1.69 bits per heavy atom. The summed E-state index contributed by atoms with van der Waals surface area (Å²) in [5.74, 6) is -0.271. The van der Waals surface area contributed by atoms with E-state index in [-0.39, 0.29) is 17.6 Å². The van der Waals surface area contributed by atoms with Crippen LogP contribution in [0, 0.1) is 4.78 Å². The highest BCUT2D eigenvalue weighted by Crippen LogP contribution is 2.17. The standard InChI is InChI=1S/C8H15FN2OS/c1-7(2)13(10,12)11-5-3-4-8(9)6-11/h4,7,10H,3,5-6H2,1-2H3. The van der Waals surface area contributed by atoms with E-state index in [0.29, 0.717) is 13.0 Å². The highest BCUT2D eigenvalue weighted by Gasteiger charge is 2.24. The molecule has 0 fully saturated rings. The molecule has 1 atom stereocenters. The van der Waals surface area contributed by atoms with E-state index in [1.807, 2.05) is 0 Å². The van der Waals surface area contributed by atoms with Crippen LogP contribution in [0.3, 0.4) is 0 Å². The Balaban J connectivity index is 2.80. The first-order valence-corrected chi connectivity index (χ1v) is 5.89. The van der Waals surface area contributed by atoms with Crippen molar-refractivity contribution in [1.82, 2.24) is 4.31 Å². The van der Waals surface area contributed by atoms with Gasteiger partial charge in [-0.05, 0) is 20.3 Å². The number of hydrogen-bond acceptors (Lipinski definition) is 2. The van der Waals surface area contributed by atoms with E-state index in [4.69, 9.17) is 4.78 Å². The van der Waals surface area contributed by atoms with Crippen LogP contribution in [0.5, 0.6) is 0 Å². The van der Waals surface area contributed by atoms with Gasteiger partial charge in [0.25, 0.3) is 0 Å². The van der Waals surface area contributed by atoms with Gasteiger partial charge < -0.3 is 0 Å². The van der Waals surface area contributed by atoms with Crippen molar-refractivity contribution in [2.45, 2.75) is 25.5 Å². The summed E-state index contributed by atoms with van der Waals surface area (Å²) in [6.45, 7) is 4.01. The molecule has 0 spiro atoms. The van der Waals surface area contributed by atoms with Crippen LogP contribution in [0.2, 0.25) is 0 Å². The molecule has 0 aromatic heterocycles. The molecule has 1 N–H and O–H groups in total. The number of hydrogen-bond donors (Lipinski definition) is 1. The van der Waals surface area contributed by atoms with Crippen molar-refractivity contribution in [2.75, 3.05) is 13.1 Å². The minimum Gasteiger partial charge on any atom is -0.240 e. The molecular weight excluding hydrogens is 191 g/mol. The Kier molecular flexibility index (Phi) is 3.08. The molecule has 0 radical (unpaired) electrons. The minimum atomic E-state index is -2.78. The zero-order chi connectivity index (χ0) is 10.1. The van der Waals surface area contributed by atoms with Gasteiger partial charge in [-0.1, -0.05) is 6.08 Å². The molecule has 0 aromatic carbocycles. The van der Waals surface area contributed by atoms with Crippen molar-refractivity contribution in [3.63, 3.8) is 0 Å². The Morgan fingerprint density at radius 3 is 2.77 bits per heavy atom. The summed E-state index contributed by atoms with van der Waals surface area (Å²) >= 11 is 0. The fourth-order valence-electron chi connectivity index (χ4n) is 1.21. The monoisotopic (exact) mass is 206 g/mol. The predicted molar refractivity (Wildman–Crippen MR) is 51.4 cm³/mol. The minimum absolute atomic E-state index is 0.0283. The van der Waals surface area contributed by atoms with Gasteiger partial charge in [-0.2, -0.15) is 0 Å². The van der Waals surface area contributed by atoms with E-state index < -0.39 is 9.92 Å². The van der Waals surface area contributed by atoms with Crippen LogP contribution in [0.1, 0.15) is 20.3 Å². The first-order chi connectivity index (χ1) is 5.94. The second-order valence-electron chi connectivity index (χ2n) is 3.42. The third-order valence-corrected chi connectivity index (χ3v) is 4.45. The molecule has 0 aliphatic carbocycles. The van der Waals surface area contributed by atoms with Gasteiger partial charge in [-0.15, -0.1) is 0 Å². The average Bonchev–Trinajstić information content (AvgIpc) is 2.04. The predicted octanol–water partition coefficient (Wildman–Crippen LogP) is 1.92. The van der Waals surface area contributed by atoms with Gasteiger partial charge >= 0.3 is 0 Å². The summed E-state index contributed by atoms with van der Waals surface area (Å²) in [6.07, 6.45) is 2.04. The van der Waals surface area contributed by atoms with Gasteiger partial charge in [-0.25, -0.2) is 17.7 Å². The van der Waals surface area contributed by atoms with Crippen LogP contribution in [0.25, 0.3) is 0 Å². The lowest BCUT2D eigenvalue weighted by atomic mass is 10.3. The van der Waals surface area contributed by atoms with Crippen molar-refractivity contribution >= 4 is 9.92 Å². The molecule has 76 valence electrons. The summed E-state index contributed by atoms with van der Waals surface area (Å²) in [4.78, 5) is 0. The van der Waals surface area contributed by atoms with E-state index in [1.165, 1.54) is 10.4 Å². The largest absolute Gasteiger partial charge is 0.240 e. The summed E-state index contributed by atoms with van der Waals surface area (Å²) in [5.41, 5.74) is 0. The van der Waals surface area contributed by atoms with Gasteiger partial charge in [0.2, 0.25) is 0 Å². The third kappa shape index (κ3) is 2.28. The number of rotatable bonds is 2. The van der Waals surface area contributed by atoms with E-state index >= 15 is 0 Å². The first-order valence-electron chi connectivity index (χ1n) is 4.32. The van der Waals surface area contributed by atoms with Crippen molar-refractivity contribution < 1.29 is 8.60 Å². The van der Waals surface area contributed by atoms with Crippen LogP contribution in [-0.2, 0) is 9.92 Å². The van der Waals surface area contributed by atoms with E-state index in [2.05, 4.69) is 0 Å². The molecule has 0 bridgehead atoms. The molecule has 0 aromatic rings. The average molecular weight is 206 g/mol. The van der Waals surface area contributed by atoms with Crippen molar-refractivity contribution in [3.05, 3.63) is 11.9 Å². The zero-order valence-electron chi connectivity index (χ0n) is 7.92. The van der Waals surface area contributed by atoms with Crippen molar-refractivity contribution in [1.29, 1.82) is 4.78 Å². The molecule has 1 heterocycles. The van der Waals surface area contributed by atoms with Crippen LogP contribution in [-0.4, -0.2) is 26.9 Å². The van der Waals surface area contributed by atoms with Crippen molar-refractivity contribution in [3.8, 4) is 0 Å². The number of halogens is 1. The molecule has 1 aliphatic rings. The summed E-state index contributed by atoms with van der Waals surface area (Å²) in [6, 6.07) is 0. The topological polar surface area (TPSA) is 44.2 Å². The number of nitrogens with zero attached hydrogens (tertiary/aromatic N) is 1. The van der Waals surface area contributed by atoms with E-state index in [9.17, 15) is 8.60 Å². The van der Waals surface area contributed by atoms with Crippen LogP contribution in [0.4, 0.5) is 4.39 Å². The molecule has 0 saturated heterocycles. The maximum atomic E-state index is 12.8. The fraction of sp³-hybridized carbons (Fsp3) is 0.750. The quantitative estimate of drug-likeness (QED) is 0.737. The molecular formula is C8H15FN2OS. The Morgan fingerprint density at radius 2 is 2.31 bits per heavy atom. The maximum absolute atomic E-state index is 12.8. The van der Waals surface area contributed by atoms with Gasteiger partial charge in [0.1, 0.15) is 15.7 Å². The second kappa shape index (κ2) is 3.75. The molecule has 0 amide bonds. The smallest absolute Gasteiger partial charge is 0.111 e. The Hall–Kier alpha value is -0.420. The number of nitrogens with one attached hydrogen (secondary N) is 1. The van der Waals surface area contributed by atoms with Crippen LogP contribution < -0.4 is 0 Å². The lowest BCUT2D eigenvalue weighted by molar-refractivity contribution is 0.403.